The van der Waals surface area contributed by atoms with Gasteiger partial charge in [-0.15, -0.1) is 11.3 Å². The summed E-state index contributed by atoms with van der Waals surface area (Å²) < 4.78 is 1.17. The molecule has 1 atom stereocenters. The van der Waals surface area contributed by atoms with Gasteiger partial charge < -0.3 is 4.90 Å². The lowest BCUT2D eigenvalue weighted by atomic mass is 10.2. The summed E-state index contributed by atoms with van der Waals surface area (Å²) >= 11 is 1.69. The van der Waals surface area contributed by atoms with Gasteiger partial charge in [0.2, 0.25) is 0 Å². The second-order valence-electron chi connectivity index (χ2n) is 6.57. The molecule has 1 aliphatic heterocycles. The molecule has 128 valence electrons. The third kappa shape index (κ3) is 2.56. The molecular weight excluding hydrogens is 342 g/mol. The average molecular weight is 359 g/mol. The van der Waals surface area contributed by atoms with E-state index in [0.717, 1.165) is 40.8 Å². The monoisotopic (exact) mass is 359 g/mol. The quantitative estimate of drug-likeness (QED) is 0.515. The van der Waals surface area contributed by atoms with Gasteiger partial charge in [0.1, 0.15) is 10.7 Å². The number of aromatic nitrogens is 2. The van der Waals surface area contributed by atoms with Crippen LogP contribution in [0.3, 0.4) is 0 Å². The van der Waals surface area contributed by atoms with Gasteiger partial charge in [-0.25, -0.2) is 9.97 Å². The van der Waals surface area contributed by atoms with Gasteiger partial charge in [0, 0.05) is 11.9 Å². The zero-order valence-corrected chi connectivity index (χ0v) is 14.9. The van der Waals surface area contributed by atoms with Crippen LogP contribution in [0, 0.1) is 0 Å². The lowest BCUT2D eigenvalue weighted by Crippen LogP contribution is -2.31. The Labute approximate surface area is 155 Å². The van der Waals surface area contributed by atoms with Crippen molar-refractivity contribution in [1.82, 2.24) is 14.9 Å². The second-order valence-corrected chi connectivity index (χ2v) is 7.63. The molecule has 0 radical (unpaired) electrons. The fraction of sp³-hybridized carbons (Fsp3) is 0.190. The van der Waals surface area contributed by atoms with E-state index >= 15 is 0 Å². The summed E-state index contributed by atoms with van der Waals surface area (Å²) in [6.07, 6.45) is 1.96. The van der Waals surface area contributed by atoms with Crippen molar-refractivity contribution in [3.05, 3.63) is 71.4 Å². The van der Waals surface area contributed by atoms with Gasteiger partial charge in [-0.1, -0.05) is 36.4 Å². The number of carbonyl (C=O) groups is 1. The van der Waals surface area contributed by atoms with Crippen LogP contribution in [0.25, 0.3) is 21.1 Å². The number of hydrogen-bond acceptors (Lipinski definition) is 4. The Kier molecular flexibility index (Phi) is 3.68. The Morgan fingerprint density at radius 1 is 0.962 bits per heavy atom. The van der Waals surface area contributed by atoms with Gasteiger partial charge in [-0.3, -0.25) is 4.79 Å². The smallest absolute Gasteiger partial charge is 0.273 e. The molecule has 4 nitrogen and oxygen atoms in total. The Balaban J connectivity index is 1.49. The number of amides is 1. The van der Waals surface area contributed by atoms with E-state index in [1.54, 1.807) is 11.3 Å². The van der Waals surface area contributed by atoms with Gasteiger partial charge >= 0.3 is 0 Å². The van der Waals surface area contributed by atoms with Crippen molar-refractivity contribution in [3.63, 3.8) is 0 Å². The van der Waals surface area contributed by atoms with Crippen LogP contribution in [0.15, 0.2) is 60.7 Å². The molecule has 26 heavy (non-hydrogen) atoms. The summed E-state index contributed by atoms with van der Waals surface area (Å²) in [6.45, 7) is 0.758. The first-order chi connectivity index (χ1) is 12.8. The van der Waals surface area contributed by atoms with E-state index in [1.807, 2.05) is 59.5 Å². The minimum Gasteiger partial charge on any atom is -0.328 e. The van der Waals surface area contributed by atoms with Gasteiger partial charge in [-0.05, 0) is 37.1 Å². The molecule has 0 spiro atoms. The number of nitrogens with zero attached hydrogens (tertiary/aromatic N) is 3. The summed E-state index contributed by atoms with van der Waals surface area (Å²) in [5.41, 5.74) is 2.38. The van der Waals surface area contributed by atoms with E-state index in [-0.39, 0.29) is 11.9 Å². The van der Waals surface area contributed by atoms with Crippen LogP contribution >= 0.6 is 11.3 Å². The zero-order valence-electron chi connectivity index (χ0n) is 14.1. The van der Waals surface area contributed by atoms with Gasteiger partial charge in [0.15, 0.2) is 0 Å². The van der Waals surface area contributed by atoms with Gasteiger partial charge in [-0.2, -0.15) is 0 Å². The zero-order chi connectivity index (χ0) is 17.5. The predicted octanol–water partition coefficient (Wildman–Crippen LogP) is 4.82. The number of thiazole rings is 1. The average Bonchev–Trinajstić information content (AvgIpc) is 3.33. The first kappa shape index (κ1) is 15.5. The molecule has 0 saturated carbocycles. The Morgan fingerprint density at radius 3 is 2.65 bits per heavy atom. The number of fused-ring (bicyclic) bond motifs is 2. The van der Waals surface area contributed by atoms with Crippen LogP contribution in [0.5, 0.6) is 0 Å². The molecule has 2 aromatic carbocycles. The molecule has 1 aliphatic rings. The summed E-state index contributed by atoms with van der Waals surface area (Å²) in [4.78, 5) is 24.4. The van der Waals surface area contributed by atoms with Crippen LogP contribution < -0.4 is 0 Å². The highest BCUT2D eigenvalue weighted by molar-refractivity contribution is 7.18. The first-order valence-corrected chi connectivity index (χ1v) is 9.63. The largest absolute Gasteiger partial charge is 0.328 e. The normalized spacial score (nSPS) is 17.2. The van der Waals surface area contributed by atoms with Gasteiger partial charge in [0.05, 0.1) is 21.8 Å². The van der Waals surface area contributed by atoms with Crippen LogP contribution in [0.1, 0.15) is 34.4 Å². The summed E-state index contributed by atoms with van der Waals surface area (Å²) in [5.74, 6) is -0.00231. The Hall–Kier alpha value is -2.79. The third-order valence-electron chi connectivity index (χ3n) is 4.93. The molecule has 5 heteroatoms. The van der Waals surface area contributed by atoms with Crippen molar-refractivity contribution in [3.8, 4) is 0 Å². The molecule has 0 N–H and O–H groups in total. The minimum atomic E-state index is -0.00231. The molecular formula is C21H17N3OS. The Bertz CT molecular complexity index is 1090. The van der Waals surface area contributed by atoms with Crippen molar-refractivity contribution < 1.29 is 4.79 Å². The van der Waals surface area contributed by atoms with E-state index < -0.39 is 0 Å². The fourth-order valence-corrected chi connectivity index (χ4v) is 4.75. The maximum Gasteiger partial charge on any atom is 0.273 e. The number of para-hydroxylation sites is 2. The first-order valence-electron chi connectivity index (χ1n) is 8.82. The Morgan fingerprint density at radius 2 is 1.77 bits per heavy atom. The summed E-state index contributed by atoms with van der Waals surface area (Å²) in [5, 5.41) is 2.08. The van der Waals surface area contributed by atoms with Crippen LogP contribution in [0.2, 0.25) is 0 Å². The number of pyridine rings is 1. The lowest BCUT2D eigenvalue weighted by molar-refractivity contribution is 0.0730. The van der Waals surface area contributed by atoms with Crippen molar-refractivity contribution in [2.75, 3.05) is 6.54 Å². The SMILES string of the molecule is O=C(c1ccc2ccccc2n1)N1CCC[C@@H]1c1nc2ccccc2s1. The molecule has 3 heterocycles. The molecule has 0 aliphatic carbocycles. The van der Waals surface area contributed by atoms with E-state index in [4.69, 9.17) is 4.98 Å². The summed E-state index contributed by atoms with van der Waals surface area (Å²) in [6, 6.07) is 19.9. The highest BCUT2D eigenvalue weighted by atomic mass is 32.1. The molecule has 1 saturated heterocycles. The second kappa shape index (κ2) is 6.18. The topological polar surface area (TPSA) is 46.1 Å². The van der Waals surface area contributed by atoms with Gasteiger partial charge in [0.25, 0.3) is 5.91 Å². The minimum absolute atomic E-state index is 0.00231. The number of likely N-dealkylation sites (tertiary alicyclic amines) is 1. The fourth-order valence-electron chi connectivity index (χ4n) is 3.63. The third-order valence-corrected chi connectivity index (χ3v) is 6.06. The number of hydrogen-bond donors (Lipinski definition) is 0. The molecule has 2 aromatic heterocycles. The number of benzene rings is 2. The molecule has 1 amide bonds. The van der Waals surface area contributed by atoms with Crippen molar-refractivity contribution >= 4 is 38.4 Å². The number of carbonyl (C=O) groups excluding carboxylic acids is 1. The highest BCUT2D eigenvalue weighted by Gasteiger charge is 2.33. The van der Waals surface area contributed by atoms with E-state index in [0.29, 0.717) is 5.69 Å². The molecule has 1 fully saturated rings. The van der Waals surface area contributed by atoms with E-state index in [2.05, 4.69) is 11.1 Å². The number of rotatable bonds is 2. The van der Waals surface area contributed by atoms with E-state index in [1.165, 1.54) is 4.70 Å². The van der Waals surface area contributed by atoms with Crippen LogP contribution in [-0.2, 0) is 0 Å². The van der Waals surface area contributed by atoms with Crippen LogP contribution in [-0.4, -0.2) is 27.3 Å². The molecule has 5 rings (SSSR count). The highest BCUT2D eigenvalue weighted by Crippen LogP contribution is 2.37. The predicted molar refractivity (Wildman–Crippen MR) is 104 cm³/mol. The van der Waals surface area contributed by atoms with Crippen LogP contribution in [0.4, 0.5) is 0 Å². The molecule has 0 unspecified atom stereocenters. The maximum atomic E-state index is 13.1. The van der Waals surface area contributed by atoms with Crippen molar-refractivity contribution in [2.45, 2.75) is 18.9 Å². The maximum absolute atomic E-state index is 13.1. The van der Waals surface area contributed by atoms with Crippen molar-refractivity contribution in [2.24, 2.45) is 0 Å². The molecule has 0 bridgehead atoms. The standard InChI is InChI=1S/C21H17N3OS/c25-21(17-12-11-14-6-1-2-7-15(14)22-17)24-13-5-9-18(24)20-23-16-8-3-4-10-19(16)26-20/h1-4,6-8,10-12,18H,5,9,13H2/t18-/m1/s1. The van der Waals surface area contributed by atoms with Crippen molar-refractivity contribution in [1.29, 1.82) is 0 Å². The van der Waals surface area contributed by atoms with E-state index in [9.17, 15) is 4.79 Å². The molecule has 4 aromatic rings. The lowest BCUT2D eigenvalue weighted by Gasteiger charge is -2.22. The summed E-state index contributed by atoms with van der Waals surface area (Å²) in [7, 11) is 0.